The van der Waals surface area contributed by atoms with Gasteiger partial charge < -0.3 is 9.64 Å². The number of nitrogens with zero attached hydrogens (tertiary/aromatic N) is 3. The number of anilines is 2. The average molecular weight is 262 g/mol. The molecule has 0 aliphatic carbocycles. The van der Waals surface area contributed by atoms with Crippen LogP contribution >= 0.6 is 11.6 Å². The molecule has 92 valence electrons. The normalized spacial score (nSPS) is 13.6. The van der Waals surface area contributed by atoms with Crippen LogP contribution < -0.4 is 9.64 Å². The van der Waals surface area contributed by atoms with E-state index in [1.54, 1.807) is 7.11 Å². The van der Waals surface area contributed by atoms with Crippen molar-refractivity contribution in [2.75, 3.05) is 18.6 Å². The van der Waals surface area contributed by atoms with Gasteiger partial charge in [-0.05, 0) is 18.1 Å². The lowest BCUT2D eigenvalue weighted by atomic mass is 10.2. The van der Waals surface area contributed by atoms with E-state index in [0.717, 1.165) is 24.5 Å². The summed E-state index contributed by atoms with van der Waals surface area (Å²) < 4.78 is 5.30. The molecule has 0 saturated carbocycles. The van der Waals surface area contributed by atoms with E-state index in [-0.39, 0.29) is 0 Å². The fraction of sp³-hybridized carbons (Fsp3) is 0.231. The minimum atomic E-state index is 0.340. The van der Waals surface area contributed by atoms with Gasteiger partial charge in [0, 0.05) is 12.2 Å². The van der Waals surface area contributed by atoms with Crippen LogP contribution in [0.2, 0.25) is 5.15 Å². The molecule has 0 atom stereocenters. The smallest absolute Gasteiger partial charge is 0.199 e. The first-order valence-electron chi connectivity index (χ1n) is 5.71. The molecule has 1 aromatic heterocycles. The Kier molecular flexibility index (Phi) is 2.80. The highest BCUT2D eigenvalue weighted by molar-refractivity contribution is 6.31. The molecule has 0 unspecified atom stereocenters. The van der Waals surface area contributed by atoms with Crippen LogP contribution in [0.15, 0.2) is 30.6 Å². The molecule has 3 rings (SSSR count). The van der Waals surface area contributed by atoms with Crippen LogP contribution in [0.5, 0.6) is 5.75 Å². The lowest BCUT2D eigenvalue weighted by Crippen LogP contribution is -2.16. The summed E-state index contributed by atoms with van der Waals surface area (Å²) in [6.07, 6.45) is 2.46. The fourth-order valence-electron chi connectivity index (χ4n) is 2.27. The third-order valence-corrected chi connectivity index (χ3v) is 3.36. The lowest BCUT2D eigenvalue weighted by Gasteiger charge is -2.20. The molecule has 2 heterocycles. The zero-order valence-corrected chi connectivity index (χ0v) is 10.7. The molecule has 0 amide bonds. The van der Waals surface area contributed by atoms with E-state index in [2.05, 4.69) is 27.0 Å². The van der Waals surface area contributed by atoms with Gasteiger partial charge in [0.1, 0.15) is 6.33 Å². The van der Waals surface area contributed by atoms with E-state index in [0.29, 0.717) is 10.9 Å². The van der Waals surface area contributed by atoms with E-state index in [4.69, 9.17) is 16.3 Å². The number of methoxy groups -OCH3 is 1. The van der Waals surface area contributed by atoms with Gasteiger partial charge in [0.2, 0.25) is 0 Å². The number of fused-ring (bicyclic) bond motifs is 1. The highest BCUT2D eigenvalue weighted by Gasteiger charge is 2.24. The van der Waals surface area contributed by atoms with Crippen molar-refractivity contribution in [1.82, 2.24) is 9.97 Å². The molecule has 0 radical (unpaired) electrons. The maximum Gasteiger partial charge on any atom is 0.199 e. The number of hydrogen-bond donors (Lipinski definition) is 0. The van der Waals surface area contributed by atoms with E-state index in [9.17, 15) is 0 Å². The van der Waals surface area contributed by atoms with E-state index >= 15 is 0 Å². The second kappa shape index (κ2) is 4.46. The van der Waals surface area contributed by atoms with Crippen LogP contribution in [-0.2, 0) is 6.42 Å². The quantitative estimate of drug-likeness (QED) is 0.779. The Bertz CT molecular complexity index is 588. The molecular weight excluding hydrogens is 250 g/mol. The van der Waals surface area contributed by atoms with Gasteiger partial charge in [-0.3, -0.25) is 0 Å². The van der Waals surface area contributed by atoms with Crippen molar-refractivity contribution < 1.29 is 4.74 Å². The standard InChI is InChI=1S/C13H12ClN3O/c1-18-11-12(14)15-8-16-13(11)17-7-6-9-4-2-3-5-10(9)17/h2-5,8H,6-7H2,1H3. The van der Waals surface area contributed by atoms with Crippen LogP contribution in [0.25, 0.3) is 0 Å². The minimum absolute atomic E-state index is 0.340. The van der Waals surface area contributed by atoms with Crippen LogP contribution in [-0.4, -0.2) is 23.6 Å². The Morgan fingerprint density at radius 1 is 1.28 bits per heavy atom. The summed E-state index contributed by atoms with van der Waals surface area (Å²) in [5.41, 5.74) is 2.47. The van der Waals surface area contributed by atoms with E-state index in [1.165, 1.54) is 11.9 Å². The summed E-state index contributed by atoms with van der Waals surface area (Å²) in [5.74, 6) is 1.25. The first-order chi connectivity index (χ1) is 8.81. The van der Waals surface area contributed by atoms with E-state index < -0.39 is 0 Å². The van der Waals surface area contributed by atoms with Crippen LogP contribution in [0, 0.1) is 0 Å². The second-order valence-electron chi connectivity index (χ2n) is 4.05. The number of ether oxygens (including phenoxy) is 1. The minimum Gasteiger partial charge on any atom is -0.490 e. The summed E-state index contributed by atoms with van der Waals surface area (Å²) in [5, 5.41) is 0.340. The number of benzene rings is 1. The van der Waals surface area contributed by atoms with Gasteiger partial charge in [-0.1, -0.05) is 29.8 Å². The third-order valence-electron chi connectivity index (χ3n) is 3.09. The highest BCUT2D eigenvalue weighted by atomic mass is 35.5. The maximum absolute atomic E-state index is 6.03. The Hall–Kier alpha value is -1.81. The third kappa shape index (κ3) is 1.69. The molecule has 1 aliphatic rings. The van der Waals surface area contributed by atoms with Crippen molar-refractivity contribution in [2.24, 2.45) is 0 Å². The molecule has 2 aromatic rings. The first kappa shape index (κ1) is 11.3. The number of rotatable bonds is 2. The van der Waals surface area contributed by atoms with Gasteiger partial charge in [0.05, 0.1) is 7.11 Å². The molecule has 1 aromatic carbocycles. The van der Waals surface area contributed by atoms with Crippen LogP contribution in [0.3, 0.4) is 0 Å². The maximum atomic E-state index is 6.03. The summed E-state index contributed by atoms with van der Waals surface area (Å²) in [6, 6.07) is 8.28. The molecule has 5 heteroatoms. The molecule has 0 N–H and O–H groups in total. The Morgan fingerprint density at radius 2 is 2.11 bits per heavy atom. The zero-order valence-electron chi connectivity index (χ0n) is 9.93. The SMILES string of the molecule is COc1c(Cl)ncnc1N1CCc2ccccc21. The van der Waals surface area contributed by atoms with Gasteiger partial charge in [0.15, 0.2) is 16.7 Å². The van der Waals surface area contributed by atoms with Crippen LogP contribution in [0.4, 0.5) is 11.5 Å². The number of hydrogen-bond acceptors (Lipinski definition) is 4. The Morgan fingerprint density at radius 3 is 2.94 bits per heavy atom. The summed E-state index contributed by atoms with van der Waals surface area (Å²) in [6.45, 7) is 0.878. The predicted octanol–water partition coefficient (Wildman–Crippen LogP) is 2.83. The van der Waals surface area contributed by atoms with Gasteiger partial charge in [-0.2, -0.15) is 0 Å². The topological polar surface area (TPSA) is 38.3 Å². The molecule has 0 fully saturated rings. The average Bonchev–Trinajstić information content (AvgIpc) is 2.82. The second-order valence-corrected chi connectivity index (χ2v) is 4.41. The van der Waals surface area contributed by atoms with Crippen molar-refractivity contribution in [3.63, 3.8) is 0 Å². The van der Waals surface area contributed by atoms with Gasteiger partial charge in [-0.15, -0.1) is 0 Å². The highest BCUT2D eigenvalue weighted by Crippen LogP contribution is 2.39. The lowest BCUT2D eigenvalue weighted by molar-refractivity contribution is 0.411. The summed E-state index contributed by atoms with van der Waals surface area (Å²) in [4.78, 5) is 10.4. The summed E-state index contributed by atoms with van der Waals surface area (Å²) in [7, 11) is 1.58. The van der Waals surface area contributed by atoms with Gasteiger partial charge >= 0.3 is 0 Å². The Labute approximate surface area is 110 Å². The zero-order chi connectivity index (χ0) is 12.5. The largest absolute Gasteiger partial charge is 0.490 e. The van der Waals surface area contributed by atoms with Crippen molar-refractivity contribution in [1.29, 1.82) is 0 Å². The predicted molar refractivity (Wildman–Crippen MR) is 70.7 cm³/mol. The van der Waals surface area contributed by atoms with Crippen molar-refractivity contribution >= 4 is 23.1 Å². The molecule has 0 spiro atoms. The molecule has 0 bridgehead atoms. The molecule has 0 saturated heterocycles. The fourth-order valence-corrected chi connectivity index (χ4v) is 2.48. The molecule has 1 aliphatic heterocycles. The van der Waals surface area contributed by atoms with Crippen molar-refractivity contribution in [2.45, 2.75) is 6.42 Å². The number of aromatic nitrogens is 2. The molecular formula is C13H12ClN3O. The van der Waals surface area contributed by atoms with Crippen LogP contribution in [0.1, 0.15) is 5.56 Å². The van der Waals surface area contributed by atoms with Gasteiger partial charge in [-0.25, -0.2) is 9.97 Å². The van der Waals surface area contributed by atoms with Gasteiger partial charge in [0.25, 0.3) is 0 Å². The molecule has 4 nitrogen and oxygen atoms in total. The summed E-state index contributed by atoms with van der Waals surface area (Å²) >= 11 is 6.03. The first-order valence-corrected chi connectivity index (χ1v) is 6.09. The van der Waals surface area contributed by atoms with Crippen molar-refractivity contribution in [3.8, 4) is 5.75 Å². The van der Waals surface area contributed by atoms with Crippen molar-refractivity contribution in [3.05, 3.63) is 41.3 Å². The number of para-hydroxylation sites is 1. The Balaban J connectivity index is 2.10. The number of halogens is 1. The monoisotopic (exact) mass is 261 g/mol. The molecule has 18 heavy (non-hydrogen) atoms. The van der Waals surface area contributed by atoms with E-state index in [1.807, 2.05) is 12.1 Å².